The average molecular weight is 427 g/mol. The fraction of sp³-hybridized carbons (Fsp3) is 0.0500. The van der Waals surface area contributed by atoms with E-state index in [0.717, 1.165) is 6.07 Å². The van der Waals surface area contributed by atoms with Gasteiger partial charge in [-0.05, 0) is 30.3 Å². The lowest BCUT2D eigenvalue weighted by molar-refractivity contribution is -0.384. The molecule has 10 heteroatoms. The average Bonchev–Trinajstić information content (AvgIpc) is 2.75. The van der Waals surface area contributed by atoms with Crippen molar-refractivity contribution in [2.24, 2.45) is 0 Å². The molecule has 0 bridgehead atoms. The highest BCUT2D eigenvalue weighted by Crippen LogP contribution is 2.29. The van der Waals surface area contributed by atoms with Gasteiger partial charge in [0.1, 0.15) is 5.75 Å². The number of amides is 2. The van der Waals surface area contributed by atoms with Crippen molar-refractivity contribution in [1.82, 2.24) is 4.98 Å². The Morgan fingerprint density at radius 1 is 1.10 bits per heavy atom. The van der Waals surface area contributed by atoms with E-state index in [1.54, 1.807) is 30.5 Å². The van der Waals surface area contributed by atoms with Crippen LogP contribution in [-0.2, 0) is 0 Å². The molecule has 2 N–H and O–H groups in total. The smallest absolute Gasteiger partial charge is 0.270 e. The van der Waals surface area contributed by atoms with Crippen molar-refractivity contribution in [3.05, 3.63) is 87.2 Å². The second-order valence-corrected chi connectivity index (χ2v) is 6.39. The summed E-state index contributed by atoms with van der Waals surface area (Å²) < 4.78 is 5.29. The molecule has 0 saturated carbocycles. The van der Waals surface area contributed by atoms with Crippen LogP contribution in [0.5, 0.6) is 5.75 Å². The number of non-ortho nitro benzene ring substituents is 1. The van der Waals surface area contributed by atoms with E-state index >= 15 is 0 Å². The maximum atomic E-state index is 12.5. The van der Waals surface area contributed by atoms with Crippen LogP contribution < -0.4 is 15.4 Å². The van der Waals surface area contributed by atoms with Gasteiger partial charge < -0.3 is 15.4 Å². The summed E-state index contributed by atoms with van der Waals surface area (Å²) in [6, 6.07) is 11.5. The molecule has 0 spiro atoms. The van der Waals surface area contributed by atoms with Gasteiger partial charge in [0.15, 0.2) is 0 Å². The molecule has 0 unspecified atom stereocenters. The first-order valence-electron chi connectivity index (χ1n) is 8.53. The van der Waals surface area contributed by atoms with Crippen LogP contribution in [0, 0.1) is 10.1 Å². The largest absolute Gasteiger partial charge is 0.494 e. The number of hydrogen-bond acceptors (Lipinski definition) is 6. The van der Waals surface area contributed by atoms with Crippen molar-refractivity contribution in [1.29, 1.82) is 0 Å². The van der Waals surface area contributed by atoms with Crippen molar-refractivity contribution in [2.75, 3.05) is 17.7 Å². The van der Waals surface area contributed by atoms with Crippen molar-refractivity contribution in [2.45, 2.75) is 0 Å². The number of pyridine rings is 1. The predicted octanol–water partition coefficient (Wildman–Crippen LogP) is 4.16. The topological polar surface area (TPSA) is 123 Å². The van der Waals surface area contributed by atoms with Gasteiger partial charge in [0.2, 0.25) is 0 Å². The number of rotatable bonds is 6. The van der Waals surface area contributed by atoms with Gasteiger partial charge >= 0.3 is 0 Å². The normalized spacial score (nSPS) is 10.2. The number of nitrogens with one attached hydrogen (secondary N) is 2. The van der Waals surface area contributed by atoms with E-state index in [1.165, 1.54) is 31.5 Å². The maximum absolute atomic E-state index is 12.5. The number of nitro groups is 1. The molecule has 3 rings (SSSR count). The molecule has 3 aromatic rings. The Bertz CT molecular complexity index is 1120. The van der Waals surface area contributed by atoms with Gasteiger partial charge in [-0.3, -0.25) is 24.7 Å². The molecule has 2 aromatic carbocycles. The first-order chi connectivity index (χ1) is 14.4. The third-order valence-electron chi connectivity index (χ3n) is 4.04. The Labute approximate surface area is 175 Å². The highest BCUT2D eigenvalue weighted by molar-refractivity contribution is 6.34. The van der Waals surface area contributed by atoms with Crippen LogP contribution in [0.2, 0.25) is 5.02 Å². The van der Waals surface area contributed by atoms with E-state index < -0.39 is 10.8 Å². The number of nitro benzene ring substituents is 1. The summed E-state index contributed by atoms with van der Waals surface area (Å²) in [5.41, 5.74) is 1.02. The van der Waals surface area contributed by atoms with Gasteiger partial charge in [-0.25, -0.2) is 0 Å². The number of aromatic nitrogens is 1. The number of anilines is 2. The summed E-state index contributed by atoms with van der Waals surface area (Å²) in [5.74, 6) is -0.597. The molecule has 0 aliphatic carbocycles. The first kappa shape index (κ1) is 20.7. The van der Waals surface area contributed by atoms with E-state index in [4.69, 9.17) is 16.3 Å². The Balaban J connectivity index is 1.77. The fourth-order valence-electron chi connectivity index (χ4n) is 2.56. The molecule has 2 amide bonds. The third-order valence-corrected chi connectivity index (χ3v) is 4.35. The van der Waals surface area contributed by atoms with Gasteiger partial charge in [-0.1, -0.05) is 11.6 Å². The minimum Gasteiger partial charge on any atom is -0.494 e. The molecule has 0 fully saturated rings. The number of carbonyl (C=O) groups is 2. The van der Waals surface area contributed by atoms with E-state index in [1.807, 2.05) is 0 Å². The molecule has 0 aliphatic heterocycles. The van der Waals surface area contributed by atoms with Crippen LogP contribution in [0.15, 0.2) is 60.9 Å². The number of carbonyl (C=O) groups excluding carboxylic acids is 2. The minimum atomic E-state index is -0.600. The standard InChI is InChI=1S/C20H15ClN4O5/c1-30-18-9-13(4-7-17(18)24-19(26)12-3-2-8-22-11-12)23-20(27)15-6-5-14(25(28)29)10-16(15)21/h2-11H,1H3,(H,23,27)(H,24,26). The number of benzene rings is 2. The van der Waals surface area contributed by atoms with Gasteiger partial charge in [0, 0.05) is 36.3 Å². The summed E-state index contributed by atoms with van der Waals surface area (Å²) in [5, 5.41) is 16.1. The molecular formula is C20H15ClN4O5. The molecule has 1 heterocycles. The van der Waals surface area contributed by atoms with Crippen LogP contribution in [0.3, 0.4) is 0 Å². The molecular weight excluding hydrogens is 412 g/mol. The van der Waals surface area contributed by atoms with Crippen LogP contribution in [0.25, 0.3) is 0 Å². The lowest BCUT2D eigenvalue weighted by atomic mass is 10.1. The monoisotopic (exact) mass is 426 g/mol. The minimum absolute atomic E-state index is 0.0472. The summed E-state index contributed by atoms with van der Waals surface area (Å²) in [6.45, 7) is 0. The van der Waals surface area contributed by atoms with Crippen LogP contribution in [0.1, 0.15) is 20.7 Å². The highest BCUT2D eigenvalue weighted by atomic mass is 35.5. The molecule has 0 aliphatic rings. The summed E-state index contributed by atoms with van der Waals surface area (Å²) >= 11 is 5.99. The fourth-order valence-corrected chi connectivity index (χ4v) is 2.82. The van der Waals surface area contributed by atoms with Crippen molar-refractivity contribution in [3.8, 4) is 5.75 Å². The van der Waals surface area contributed by atoms with E-state index in [0.29, 0.717) is 22.7 Å². The molecule has 30 heavy (non-hydrogen) atoms. The van der Waals surface area contributed by atoms with Gasteiger partial charge in [-0.2, -0.15) is 0 Å². The first-order valence-corrected chi connectivity index (χ1v) is 8.91. The van der Waals surface area contributed by atoms with E-state index in [2.05, 4.69) is 15.6 Å². The number of methoxy groups -OCH3 is 1. The maximum Gasteiger partial charge on any atom is 0.270 e. The van der Waals surface area contributed by atoms with Crippen LogP contribution in [-0.4, -0.2) is 28.8 Å². The number of hydrogen-bond donors (Lipinski definition) is 2. The van der Waals surface area contributed by atoms with Crippen LogP contribution in [0.4, 0.5) is 17.1 Å². The van der Waals surface area contributed by atoms with Crippen molar-refractivity contribution < 1.29 is 19.2 Å². The van der Waals surface area contributed by atoms with E-state index in [-0.39, 0.29) is 22.2 Å². The summed E-state index contributed by atoms with van der Waals surface area (Å²) in [6.07, 6.45) is 3.00. The van der Waals surface area contributed by atoms with Gasteiger partial charge in [-0.15, -0.1) is 0 Å². The SMILES string of the molecule is COc1cc(NC(=O)c2ccc([N+](=O)[O-])cc2Cl)ccc1NC(=O)c1cccnc1. The highest BCUT2D eigenvalue weighted by Gasteiger charge is 2.16. The molecule has 1 aromatic heterocycles. The number of halogens is 1. The second-order valence-electron chi connectivity index (χ2n) is 5.99. The van der Waals surface area contributed by atoms with Crippen molar-refractivity contribution in [3.63, 3.8) is 0 Å². The zero-order valence-corrected chi connectivity index (χ0v) is 16.3. The molecule has 0 saturated heterocycles. The Kier molecular flexibility index (Phi) is 6.23. The van der Waals surface area contributed by atoms with Crippen LogP contribution >= 0.6 is 11.6 Å². The second kappa shape index (κ2) is 9.01. The molecule has 152 valence electrons. The lowest BCUT2D eigenvalue weighted by Crippen LogP contribution is -2.14. The Morgan fingerprint density at radius 2 is 1.90 bits per heavy atom. The van der Waals surface area contributed by atoms with Gasteiger partial charge in [0.25, 0.3) is 17.5 Å². The quantitative estimate of drug-likeness (QED) is 0.450. The molecule has 0 atom stereocenters. The molecule has 9 nitrogen and oxygen atoms in total. The number of nitrogens with zero attached hydrogens (tertiary/aromatic N) is 2. The number of ether oxygens (including phenoxy) is 1. The van der Waals surface area contributed by atoms with E-state index in [9.17, 15) is 19.7 Å². The summed E-state index contributed by atoms with van der Waals surface area (Å²) in [4.78, 5) is 38.9. The van der Waals surface area contributed by atoms with Crippen molar-refractivity contribution >= 4 is 40.5 Å². The third kappa shape index (κ3) is 4.70. The Hall–Kier alpha value is -3.98. The summed E-state index contributed by atoms with van der Waals surface area (Å²) in [7, 11) is 1.42. The predicted molar refractivity (Wildman–Crippen MR) is 111 cm³/mol. The zero-order valence-electron chi connectivity index (χ0n) is 15.6. The lowest BCUT2D eigenvalue weighted by Gasteiger charge is -2.13. The zero-order chi connectivity index (χ0) is 21.7. The molecule has 0 radical (unpaired) electrons. The van der Waals surface area contributed by atoms with Gasteiger partial charge in [0.05, 0.1) is 33.9 Å². The Morgan fingerprint density at radius 3 is 2.53 bits per heavy atom.